The van der Waals surface area contributed by atoms with Crippen LogP contribution < -0.4 is 5.32 Å². The van der Waals surface area contributed by atoms with Gasteiger partial charge in [0.15, 0.2) is 6.29 Å². The highest BCUT2D eigenvalue weighted by Gasteiger charge is 2.45. The van der Waals surface area contributed by atoms with Gasteiger partial charge < -0.3 is 40.3 Å². The zero-order chi connectivity index (χ0) is 51.0. The summed E-state index contributed by atoms with van der Waals surface area (Å²) in [6.07, 6.45) is 41.8. The summed E-state index contributed by atoms with van der Waals surface area (Å²) < 4.78 is 13.8. The van der Waals surface area contributed by atoms with E-state index in [9.17, 15) is 25.5 Å². The van der Waals surface area contributed by atoms with Crippen molar-refractivity contribution >= 4 is 0 Å². The monoisotopic (exact) mass is 999 g/mol. The number of unbranched alkanes of at least 4 members (excludes halogenated alkanes) is 34. The SMILES string of the molecule is CCCCCCCCCCCCCCCCCCCCCCCCCCN[C@@H](CO[C@@H]1O[C@H](Cn2cc(-c3ccc(CC)cc3)nn2)[C@H](O)[C@H](O)[C@H]1O)[C@H](O)[C@H](O)CCCCCCCCCCCCCC. The van der Waals surface area contributed by atoms with E-state index in [2.05, 4.69) is 48.5 Å². The molecule has 71 heavy (non-hydrogen) atoms. The topological polar surface area (TPSA) is 162 Å². The lowest BCUT2D eigenvalue weighted by atomic mass is 9.98. The lowest BCUT2D eigenvalue weighted by molar-refractivity contribution is -0.301. The number of hydrogen-bond donors (Lipinski definition) is 6. The van der Waals surface area contributed by atoms with Crippen LogP contribution >= 0.6 is 0 Å². The average molecular weight is 1000 g/mol. The number of aromatic nitrogens is 3. The molecular formula is C60H110N4O7. The van der Waals surface area contributed by atoms with Gasteiger partial charge in [-0.05, 0) is 31.4 Å². The molecule has 1 aliphatic rings. The van der Waals surface area contributed by atoms with Gasteiger partial charge in [0.25, 0.3) is 0 Å². The van der Waals surface area contributed by atoms with Crippen LogP contribution in [0.4, 0.5) is 0 Å². The molecule has 11 heteroatoms. The smallest absolute Gasteiger partial charge is 0.186 e. The van der Waals surface area contributed by atoms with E-state index in [4.69, 9.17) is 9.47 Å². The number of ether oxygens (including phenoxy) is 2. The Morgan fingerprint density at radius 2 is 0.972 bits per heavy atom. The second-order valence-corrected chi connectivity index (χ2v) is 21.7. The largest absolute Gasteiger partial charge is 0.390 e. The predicted octanol–water partition coefficient (Wildman–Crippen LogP) is 13.5. The molecule has 0 unspecified atom stereocenters. The summed E-state index contributed by atoms with van der Waals surface area (Å²) in [7, 11) is 0. The fourth-order valence-corrected chi connectivity index (χ4v) is 10.3. The highest BCUT2D eigenvalue weighted by molar-refractivity contribution is 5.57. The fraction of sp³-hybridized carbons (Fsp3) is 0.867. The third kappa shape index (κ3) is 29.1. The second kappa shape index (κ2) is 42.3. The fourth-order valence-electron chi connectivity index (χ4n) is 10.3. The first-order valence-electron chi connectivity index (χ1n) is 30.2. The minimum absolute atomic E-state index is 0.0609. The van der Waals surface area contributed by atoms with Gasteiger partial charge in [0, 0.05) is 5.56 Å². The summed E-state index contributed by atoms with van der Waals surface area (Å²) >= 11 is 0. The molecule has 0 radical (unpaired) electrons. The quantitative estimate of drug-likeness (QED) is 0.0352. The van der Waals surface area contributed by atoms with Crippen molar-refractivity contribution in [2.24, 2.45) is 0 Å². The molecule has 1 saturated heterocycles. The van der Waals surface area contributed by atoms with Gasteiger partial charge in [0.1, 0.15) is 30.1 Å². The van der Waals surface area contributed by atoms with Gasteiger partial charge in [-0.2, -0.15) is 0 Å². The average Bonchev–Trinajstić information content (AvgIpc) is 3.86. The Balaban J connectivity index is 1.34. The molecule has 11 nitrogen and oxygen atoms in total. The Bertz CT molecular complexity index is 1480. The van der Waals surface area contributed by atoms with Crippen molar-refractivity contribution < 1.29 is 35.0 Å². The molecule has 412 valence electrons. The molecule has 3 rings (SSSR count). The minimum Gasteiger partial charge on any atom is -0.390 e. The maximum absolute atomic E-state index is 11.5. The molecule has 1 fully saturated rings. The molecule has 0 bridgehead atoms. The number of aryl methyl sites for hydroxylation is 1. The minimum atomic E-state index is -1.52. The molecule has 0 amide bonds. The van der Waals surface area contributed by atoms with E-state index in [1.165, 1.54) is 205 Å². The van der Waals surface area contributed by atoms with Crippen molar-refractivity contribution in [1.82, 2.24) is 20.3 Å². The molecule has 2 aromatic rings. The molecule has 1 aromatic heterocycles. The number of nitrogens with zero attached hydrogens (tertiary/aromatic N) is 3. The first kappa shape index (κ1) is 63.3. The number of hydrogen-bond acceptors (Lipinski definition) is 10. The lowest BCUT2D eigenvalue weighted by Gasteiger charge is -2.41. The zero-order valence-electron chi connectivity index (χ0n) is 45.9. The Kier molecular flexibility index (Phi) is 37.7. The maximum atomic E-state index is 11.5. The molecule has 1 aromatic carbocycles. The molecule has 2 heterocycles. The highest BCUT2D eigenvalue weighted by Crippen LogP contribution is 2.26. The van der Waals surface area contributed by atoms with Crippen LogP contribution in [0.2, 0.25) is 0 Å². The van der Waals surface area contributed by atoms with E-state index < -0.39 is 49.0 Å². The van der Waals surface area contributed by atoms with Crippen molar-refractivity contribution in [2.45, 2.75) is 320 Å². The number of aliphatic hydroxyl groups is 5. The van der Waals surface area contributed by atoms with Crippen LogP contribution in [0.1, 0.15) is 264 Å². The summed E-state index contributed by atoms with van der Waals surface area (Å²) in [6, 6.07) is 7.50. The van der Waals surface area contributed by atoms with Crippen LogP contribution in [0.15, 0.2) is 30.5 Å². The molecule has 6 N–H and O–H groups in total. The van der Waals surface area contributed by atoms with Gasteiger partial charge in [-0.25, -0.2) is 4.68 Å². The Morgan fingerprint density at radius 1 is 0.549 bits per heavy atom. The predicted molar refractivity (Wildman–Crippen MR) is 293 cm³/mol. The maximum Gasteiger partial charge on any atom is 0.186 e. The molecule has 0 aliphatic carbocycles. The highest BCUT2D eigenvalue weighted by atomic mass is 16.7. The van der Waals surface area contributed by atoms with Gasteiger partial charge in [-0.1, -0.05) is 275 Å². The van der Waals surface area contributed by atoms with Gasteiger partial charge in [-0.15, -0.1) is 5.10 Å². The van der Waals surface area contributed by atoms with Gasteiger partial charge in [-0.3, -0.25) is 0 Å². The van der Waals surface area contributed by atoms with Crippen molar-refractivity contribution in [3.63, 3.8) is 0 Å². The standard InChI is InChI=1S/C60H110N4O7/c1-4-7-9-11-13-15-17-19-20-21-22-23-24-25-26-27-28-29-30-32-34-36-38-40-46-61-53(56(66)54(65)41-39-37-35-33-31-18-16-14-12-10-8-5-2)49-70-60-59(69)58(68)57(67)55(71-60)48-64-47-52(62-63-64)51-44-42-50(6-3)43-45-51/h42-45,47,53-61,65-69H,4-41,46,48-49H2,1-3H3/t53-,54+,55+,56-,57-,58-,59+,60+/m0/s1. The summed E-state index contributed by atoms with van der Waals surface area (Å²) in [5.41, 5.74) is 2.82. The van der Waals surface area contributed by atoms with Crippen LogP contribution in [0, 0.1) is 0 Å². The third-order valence-electron chi connectivity index (χ3n) is 15.3. The zero-order valence-corrected chi connectivity index (χ0v) is 45.9. The lowest BCUT2D eigenvalue weighted by Crippen LogP contribution is -2.60. The summed E-state index contributed by atoms with van der Waals surface area (Å²) in [5.74, 6) is 0. The van der Waals surface area contributed by atoms with Crippen LogP contribution in [0.5, 0.6) is 0 Å². The molecular weight excluding hydrogens is 889 g/mol. The van der Waals surface area contributed by atoms with Gasteiger partial charge in [0.2, 0.25) is 0 Å². The van der Waals surface area contributed by atoms with E-state index in [0.717, 1.165) is 44.1 Å². The van der Waals surface area contributed by atoms with Crippen LogP contribution in [-0.2, 0) is 22.4 Å². The van der Waals surface area contributed by atoms with E-state index >= 15 is 0 Å². The van der Waals surface area contributed by atoms with Crippen molar-refractivity contribution in [3.05, 3.63) is 36.0 Å². The number of benzene rings is 1. The molecule has 1 aliphatic heterocycles. The van der Waals surface area contributed by atoms with E-state index in [1.807, 2.05) is 12.1 Å². The summed E-state index contributed by atoms with van der Waals surface area (Å²) in [5, 5.41) is 67.5. The first-order valence-corrected chi connectivity index (χ1v) is 30.2. The third-order valence-corrected chi connectivity index (χ3v) is 15.3. The second-order valence-electron chi connectivity index (χ2n) is 21.7. The summed E-state index contributed by atoms with van der Waals surface area (Å²) in [6.45, 7) is 7.33. The van der Waals surface area contributed by atoms with E-state index in [-0.39, 0.29) is 13.2 Å². The number of aliphatic hydroxyl groups excluding tert-OH is 5. The molecule has 0 saturated carbocycles. The van der Waals surface area contributed by atoms with Gasteiger partial charge in [0.05, 0.1) is 37.6 Å². The van der Waals surface area contributed by atoms with Crippen LogP contribution in [0.3, 0.4) is 0 Å². The van der Waals surface area contributed by atoms with Crippen molar-refractivity contribution in [1.29, 1.82) is 0 Å². The van der Waals surface area contributed by atoms with Crippen LogP contribution in [0.25, 0.3) is 11.3 Å². The summed E-state index contributed by atoms with van der Waals surface area (Å²) in [4.78, 5) is 0. The molecule has 8 atom stereocenters. The van der Waals surface area contributed by atoms with Crippen molar-refractivity contribution in [3.8, 4) is 11.3 Å². The first-order chi connectivity index (χ1) is 34.8. The number of nitrogens with one attached hydrogen (secondary N) is 1. The van der Waals surface area contributed by atoms with Crippen molar-refractivity contribution in [2.75, 3.05) is 13.2 Å². The van der Waals surface area contributed by atoms with Crippen LogP contribution in [-0.4, -0.2) is 103 Å². The Labute approximate surface area is 434 Å². The van der Waals surface area contributed by atoms with Gasteiger partial charge >= 0.3 is 0 Å². The van der Waals surface area contributed by atoms with E-state index in [1.54, 1.807) is 10.9 Å². The normalized spacial score (nSPS) is 19.6. The molecule has 0 spiro atoms. The Hall–Kier alpha value is -1.96. The number of rotatable bonds is 48. The Morgan fingerprint density at radius 3 is 1.41 bits per heavy atom. The van der Waals surface area contributed by atoms with E-state index in [0.29, 0.717) is 18.7 Å².